The second kappa shape index (κ2) is 7.23. The summed E-state index contributed by atoms with van der Waals surface area (Å²) in [7, 11) is -1.22. The molecule has 0 unspecified atom stereocenters. The highest BCUT2D eigenvalue weighted by molar-refractivity contribution is 6.83. The Balaban J connectivity index is 2.34. The fourth-order valence-corrected chi connectivity index (χ4v) is 2.23. The van der Waals surface area contributed by atoms with Gasteiger partial charge in [-0.1, -0.05) is 62.1 Å². The lowest BCUT2D eigenvalue weighted by Gasteiger charge is -2.04. The predicted molar refractivity (Wildman–Crippen MR) is 84.2 cm³/mol. The van der Waals surface area contributed by atoms with Crippen LogP contribution in [0.1, 0.15) is 18.9 Å². The van der Waals surface area contributed by atoms with E-state index in [-0.39, 0.29) is 0 Å². The molecule has 0 aliphatic heterocycles. The van der Waals surface area contributed by atoms with Crippen LogP contribution in [0.3, 0.4) is 0 Å². The topological polar surface area (TPSA) is 0 Å². The normalized spacial score (nSPS) is 13.1. The third-order valence-corrected chi connectivity index (χ3v) is 3.44. The maximum Gasteiger partial charge on any atom is 0.129 e. The Bertz CT molecular complexity index is 426. The van der Waals surface area contributed by atoms with Gasteiger partial charge in [-0.2, -0.15) is 0 Å². The molecule has 1 heteroatoms. The highest BCUT2D eigenvalue weighted by atomic mass is 28.3. The van der Waals surface area contributed by atoms with Crippen molar-refractivity contribution < 1.29 is 0 Å². The van der Waals surface area contributed by atoms with Crippen LogP contribution in [0.4, 0.5) is 0 Å². The third-order valence-electron chi connectivity index (χ3n) is 2.54. The number of benzene rings is 1. The summed E-state index contributed by atoms with van der Waals surface area (Å²) in [6, 6.07) is 10.6. The molecule has 0 spiro atoms. The second-order valence-electron chi connectivity index (χ2n) is 5.76. The number of aryl methyl sites for hydroxylation is 1. The largest absolute Gasteiger partial charge is 0.131 e. The van der Waals surface area contributed by atoms with Crippen molar-refractivity contribution >= 4 is 8.07 Å². The van der Waals surface area contributed by atoms with Gasteiger partial charge in [0.05, 0.1) is 0 Å². The van der Waals surface area contributed by atoms with Crippen LogP contribution < -0.4 is 0 Å². The van der Waals surface area contributed by atoms with Gasteiger partial charge in [0.1, 0.15) is 8.07 Å². The number of rotatable bonds is 4. The van der Waals surface area contributed by atoms with Crippen LogP contribution in [0, 0.1) is 17.4 Å². The van der Waals surface area contributed by atoms with Gasteiger partial charge in [-0.05, 0) is 25.3 Å². The van der Waals surface area contributed by atoms with E-state index in [4.69, 9.17) is 0 Å². The second-order valence-corrected chi connectivity index (χ2v) is 10.5. The molecule has 0 aliphatic rings. The maximum atomic E-state index is 3.42. The zero-order valence-corrected chi connectivity index (χ0v) is 13.0. The van der Waals surface area contributed by atoms with E-state index in [0.29, 0.717) is 5.92 Å². The van der Waals surface area contributed by atoms with E-state index < -0.39 is 8.07 Å². The molecular formula is C17H24Si. The number of hydrogen-bond acceptors (Lipinski definition) is 0. The number of allylic oxidation sites excluding steroid dienone is 2. The minimum absolute atomic E-state index is 0.382. The summed E-state index contributed by atoms with van der Waals surface area (Å²) >= 11 is 0. The zero-order chi connectivity index (χ0) is 13.4. The summed E-state index contributed by atoms with van der Waals surface area (Å²) < 4.78 is 0. The Morgan fingerprint density at radius 2 is 1.83 bits per heavy atom. The van der Waals surface area contributed by atoms with Crippen molar-refractivity contribution in [1.29, 1.82) is 0 Å². The van der Waals surface area contributed by atoms with Gasteiger partial charge < -0.3 is 0 Å². The summed E-state index contributed by atoms with van der Waals surface area (Å²) in [5.74, 6) is 3.73. The SMILES string of the molecule is C[C@@H](C#C[Si](C)(C)C)/C=C/CCc1ccccc1. The van der Waals surface area contributed by atoms with Crippen molar-refractivity contribution in [2.45, 2.75) is 39.4 Å². The molecule has 0 radical (unpaired) electrons. The molecule has 0 nitrogen and oxygen atoms in total. The summed E-state index contributed by atoms with van der Waals surface area (Å²) in [6.07, 6.45) is 6.71. The van der Waals surface area contributed by atoms with Gasteiger partial charge in [0.25, 0.3) is 0 Å². The first-order valence-electron chi connectivity index (χ1n) is 6.71. The minimum Gasteiger partial charge on any atom is -0.131 e. The van der Waals surface area contributed by atoms with Crippen LogP contribution in [0.5, 0.6) is 0 Å². The van der Waals surface area contributed by atoms with Crippen LogP contribution >= 0.6 is 0 Å². The van der Waals surface area contributed by atoms with Crippen molar-refractivity contribution in [2.24, 2.45) is 5.92 Å². The maximum absolute atomic E-state index is 3.42. The first kappa shape index (κ1) is 14.8. The highest BCUT2D eigenvalue weighted by Gasteiger charge is 2.07. The van der Waals surface area contributed by atoms with Crippen LogP contribution in [0.2, 0.25) is 19.6 Å². The van der Waals surface area contributed by atoms with E-state index in [1.54, 1.807) is 0 Å². The lowest BCUT2D eigenvalue weighted by Crippen LogP contribution is -2.16. The Kier molecular flexibility index (Phi) is 5.95. The van der Waals surface area contributed by atoms with E-state index in [9.17, 15) is 0 Å². The molecule has 0 N–H and O–H groups in total. The van der Waals surface area contributed by atoms with E-state index >= 15 is 0 Å². The van der Waals surface area contributed by atoms with Gasteiger partial charge in [0.2, 0.25) is 0 Å². The summed E-state index contributed by atoms with van der Waals surface area (Å²) in [4.78, 5) is 0. The van der Waals surface area contributed by atoms with Gasteiger partial charge in [-0.15, -0.1) is 11.5 Å². The van der Waals surface area contributed by atoms with E-state index in [2.05, 4.69) is 80.5 Å². The summed E-state index contributed by atoms with van der Waals surface area (Å²) in [5, 5.41) is 0. The molecule has 0 aromatic heterocycles. The minimum atomic E-state index is -1.22. The smallest absolute Gasteiger partial charge is 0.129 e. The Morgan fingerprint density at radius 1 is 1.17 bits per heavy atom. The molecule has 1 rings (SSSR count). The fraction of sp³-hybridized carbons (Fsp3) is 0.412. The van der Waals surface area contributed by atoms with Crippen LogP contribution in [0.25, 0.3) is 0 Å². The standard InChI is InChI=1S/C17H24Si/c1-16(14-15-18(2,3)4)10-8-9-13-17-11-6-5-7-12-17/h5-8,10-12,16H,9,13H2,1-4H3/b10-8+/t16-/m1/s1. The Labute approximate surface area is 113 Å². The molecule has 0 aliphatic carbocycles. The van der Waals surface area contributed by atoms with Crippen LogP contribution in [0.15, 0.2) is 42.5 Å². The molecule has 1 atom stereocenters. The van der Waals surface area contributed by atoms with Crippen molar-refractivity contribution in [3.63, 3.8) is 0 Å². The lowest BCUT2D eigenvalue weighted by atomic mass is 10.1. The van der Waals surface area contributed by atoms with Crippen molar-refractivity contribution in [3.8, 4) is 11.5 Å². The van der Waals surface area contributed by atoms with Crippen molar-refractivity contribution in [1.82, 2.24) is 0 Å². The van der Waals surface area contributed by atoms with Gasteiger partial charge >= 0.3 is 0 Å². The summed E-state index contributed by atoms with van der Waals surface area (Å²) in [5.41, 5.74) is 4.82. The first-order chi connectivity index (χ1) is 8.47. The Hall–Kier alpha value is -1.26. The number of hydrogen-bond donors (Lipinski definition) is 0. The molecule has 1 aromatic rings. The molecule has 96 valence electrons. The van der Waals surface area contributed by atoms with Crippen molar-refractivity contribution in [3.05, 3.63) is 48.0 Å². The molecule has 0 bridgehead atoms. The molecule has 0 saturated carbocycles. The average Bonchev–Trinajstić information content (AvgIpc) is 2.33. The quantitative estimate of drug-likeness (QED) is 0.416. The molecule has 18 heavy (non-hydrogen) atoms. The van der Waals surface area contributed by atoms with E-state index in [1.165, 1.54) is 5.56 Å². The lowest BCUT2D eigenvalue weighted by molar-refractivity contribution is 0.941. The Morgan fingerprint density at radius 3 is 2.44 bits per heavy atom. The van der Waals surface area contributed by atoms with E-state index in [1.807, 2.05) is 0 Å². The predicted octanol–water partition coefficient (Wildman–Crippen LogP) is 4.69. The monoisotopic (exact) mass is 256 g/mol. The van der Waals surface area contributed by atoms with Gasteiger partial charge in [0, 0.05) is 5.92 Å². The molecule has 0 fully saturated rings. The van der Waals surface area contributed by atoms with Gasteiger partial charge in [0.15, 0.2) is 0 Å². The molecule has 1 aromatic carbocycles. The first-order valence-corrected chi connectivity index (χ1v) is 10.2. The fourth-order valence-electron chi connectivity index (χ4n) is 1.57. The van der Waals surface area contributed by atoms with Crippen LogP contribution in [-0.4, -0.2) is 8.07 Å². The van der Waals surface area contributed by atoms with E-state index in [0.717, 1.165) is 12.8 Å². The van der Waals surface area contributed by atoms with Crippen molar-refractivity contribution in [2.75, 3.05) is 0 Å². The molecular weight excluding hydrogens is 232 g/mol. The molecule has 0 heterocycles. The highest BCUT2D eigenvalue weighted by Crippen LogP contribution is 2.05. The zero-order valence-electron chi connectivity index (χ0n) is 12.0. The van der Waals surface area contributed by atoms with Crippen LogP contribution in [-0.2, 0) is 6.42 Å². The summed E-state index contributed by atoms with van der Waals surface area (Å²) in [6.45, 7) is 9.02. The van der Waals surface area contributed by atoms with Gasteiger partial charge in [-0.3, -0.25) is 0 Å². The molecule has 0 amide bonds. The average molecular weight is 256 g/mol. The molecule has 0 saturated heterocycles. The van der Waals surface area contributed by atoms with Gasteiger partial charge in [-0.25, -0.2) is 0 Å². The third kappa shape index (κ3) is 7.14.